The van der Waals surface area contributed by atoms with Crippen molar-refractivity contribution >= 4 is 11.6 Å². The number of rotatable bonds is 6. The van der Waals surface area contributed by atoms with E-state index in [1.165, 1.54) is 31.6 Å². The smallest absolute Gasteiger partial charge is 0.0406 e. The van der Waals surface area contributed by atoms with Gasteiger partial charge in [0.25, 0.3) is 0 Å². The van der Waals surface area contributed by atoms with Gasteiger partial charge in [-0.15, -0.1) is 0 Å². The minimum Gasteiger partial charge on any atom is -0.313 e. The summed E-state index contributed by atoms with van der Waals surface area (Å²) in [5.74, 6) is 0. The lowest BCUT2D eigenvalue weighted by atomic mass is 10.0. The molecule has 1 aromatic carbocycles. The van der Waals surface area contributed by atoms with E-state index in [9.17, 15) is 0 Å². The number of halogens is 1. The van der Waals surface area contributed by atoms with E-state index in [2.05, 4.69) is 41.2 Å². The van der Waals surface area contributed by atoms with Gasteiger partial charge in [-0.05, 0) is 44.6 Å². The van der Waals surface area contributed by atoms with Crippen molar-refractivity contribution in [3.05, 3.63) is 34.9 Å². The van der Waals surface area contributed by atoms with Crippen molar-refractivity contribution in [3.63, 3.8) is 0 Å². The third kappa shape index (κ3) is 4.68. The molecule has 3 nitrogen and oxygen atoms in total. The van der Waals surface area contributed by atoms with Gasteiger partial charge in [0.05, 0.1) is 0 Å². The molecule has 0 spiro atoms. The molecule has 0 aliphatic carbocycles. The predicted octanol–water partition coefficient (Wildman–Crippen LogP) is 3.02. The monoisotopic (exact) mass is 309 g/mol. The van der Waals surface area contributed by atoms with Gasteiger partial charge in [0.15, 0.2) is 0 Å². The number of hydrogen-bond donors (Lipinski definition) is 1. The molecule has 1 saturated heterocycles. The number of benzene rings is 1. The van der Waals surface area contributed by atoms with Crippen LogP contribution in [0.5, 0.6) is 0 Å². The van der Waals surface area contributed by atoms with Crippen LogP contribution in [0.2, 0.25) is 5.02 Å². The highest BCUT2D eigenvalue weighted by molar-refractivity contribution is 6.30. The van der Waals surface area contributed by atoms with Gasteiger partial charge in [-0.25, -0.2) is 0 Å². The molecule has 1 fully saturated rings. The molecular weight excluding hydrogens is 282 g/mol. The Labute approximate surface area is 134 Å². The molecule has 2 atom stereocenters. The number of hydrogen-bond acceptors (Lipinski definition) is 3. The average molecular weight is 310 g/mol. The summed E-state index contributed by atoms with van der Waals surface area (Å²) >= 11 is 5.97. The van der Waals surface area contributed by atoms with Gasteiger partial charge in [-0.2, -0.15) is 0 Å². The van der Waals surface area contributed by atoms with Crippen LogP contribution in [-0.4, -0.2) is 56.1 Å². The number of nitrogens with zero attached hydrogens (tertiary/aromatic N) is 2. The molecule has 1 aromatic rings. The summed E-state index contributed by atoms with van der Waals surface area (Å²) in [4.78, 5) is 5.10. The summed E-state index contributed by atoms with van der Waals surface area (Å²) in [6.45, 7) is 7.00. The summed E-state index contributed by atoms with van der Waals surface area (Å²) in [6.07, 6.45) is 2.37. The first-order valence-electron chi connectivity index (χ1n) is 7.99. The molecule has 21 heavy (non-hydrogen) atoms. The third-order valence-corrected chi connectivity index (χ3v) is 4.94. The molecule has 1 aliphatic heterocycles. The summed E-state index contributed by atoms with van der Waals surface area (Å²) in [7, 11) is 4.29. The van der Waals surface area contributed by atoms with Crippen LogP contribution >= 0.6 is 11.6 Å². The molecule has 4 heteroatoms. The highest BCUT2D eigenvalue weighted by Gasteiger charge is 2.23. The molecule has 0 amide bonds. The summed E-state index contributed by atoms with van der Waals surface area (Å²) in [6, 6.07) is 9.32. The first-order valence-corrected chi connectivity index (χ1v) is 8.37. The Hall–Kier alpha value is -0.610. The van der Waals surface area contributed by atoms with E-state index in [0.29, 0.717) is 12.1 Å². The van der Waals surface area contributed by atoms with Crippen molar-refractivity contribution in [3.8, 4) is 0 Å². The van der Waals surface area contributed by atoms with Gasteiger partial charge in [0.2, 0.25) is 0 Å². The fraction of sp³-hybridized carbons (Fsp3) is 0.647. The van der Waals surface area contributed by atoms with Crippen LogP contribution in [0.4, 0.5) is 0 Å². The Bertz CT molecular complexity index is 421. The van der Waals surface area contributed by atoms with Crippen LogP contribution in [-0.2, 0) is 0 Å². The van der Waals surface area contributed by atoms with Gasteiger partial charge in [-0.1, -0.05) is 30.7 Å². The SMILES string of the molecule is CCC1CN(CCC(NC)c2ccc(Cl)cc2)CCN1C. The lowest BCUT2D eigenvalue weighted by molar-refractivity contribution is 0.0904. The zero-order chi connectivity index (χ0) is 15.2. The van der Waals surface area contributed by atoms with E-state index >= 15 is 0 Å². The molecular formula is C17H28ClN3. The molecule has 1 heterocycles. The Kier molecular flexibility index (Phi) is 6.49. The highest BCUT2D eigenvalue weighted by Crippen LogP contribution is 2.20. The number of nitrogens with one attached hydrogen (secondary N) is 1. The van der Waals surface area contributed by atoms with Crippen molar-refractivity contribution in [1.82, 2.24) is 15.1 Å². The van der Waals surface area contributed by atoms with E-state index in [1.54, 1.807) is 0 Å². The zero-order valence-electron chi connectivity index (χ0n) is 13.5. The maximum atomic E-state index is 5.97. The van der Waals surface area contributed by atoms with E-state index < -0.39 is 0 Å². The normalized spacial score (nSPS) is 22.4. The third-order valence-electron chi connectivity index (χ3n) is 4.69. The van der Waals surface area contributed by atoms with Gasteiger partial charge in [0.1, 0.15) is 0 Å². The van der Waals surface area contributed by atoms with Crippen LogP contribution in [0.3, 0.4) is 0 Å². The van der Waals surface area contributed by atoms with E-state index in [4.69, 9.17) is 11.6 Å². The Morgan fingerprint density at radius 3 is 2.62 bits per heavy atom. The number of likely N-dealkylation sites (N-methyl/N-ethyl adjacent to an activating group) is 1. The van der Waals surface area contributed by atoms with Crippen molar-refractivity contribution in [2.24, 2.45) is 0 Å². The van der Waals surface area contributed by atoms with Crippen LogP contribution in [0.15, 0.2) is 24.3 Å². The van der Waals surface area contributed by atoms with Gasteiger partial charge in [-0.3, -0.25) is 0 Å². The van der Waals surface area contributed by atoms with E-state index in [1.807, 2.05) is 19.2 Å². The fourth-order valence-corrected chi connectivity index (χ4v) is 3.26. The number of piperazine rings is 1. The highest BCUT2D eigenvalue weighted by atomic mass is 35.5. The minimum absolute atomic E-state index is 0.405. The molecule has 0 bridgehead atoms. The van der Waals surface area contributed by atoms with Crippen molar-refractivity contribution in [1.29, 1.82) is 0 Å². The lowest BCUT2D eigenvalue weighted by Crippen LogP contribution is -2.51. The minimum atomic E-state index is 0.405. The first-order chi connectivity index (χ1) is 10.1. The van der Waals surface area contributed by atoms with Crippen LogP contribution < -0.4 is 5.32 Å². The quantitative estimate of drug-likeness (QED) is 0.871. The summed E-state index contributed by atoms with van der Waals surface area (Å²) in [5, 5.41) is 4.24. The molecule has 1 N–H and O–H groups in total. The topological polar surface area (TPSA) is 18.5 Å². The zero-order valence-corrected chi connectivity index (χ0v) is 14.2. The molecule has 1 aliphatic rings. The second-order valence-corrected chi connectivity index (χ2v) is 6.46. The lowest BCUT2D eigenvalue weighted by Gasteiger charge is -2.39. The Morgan fingerprint density at radius 2 is 2.00 bits per heavy atom. The van der Waals surface area contributed by atoms with E-state index in [0.717, 1.165) is 18.0 Å². The molecule has 2 unspecified atom stereocenters. The predicted molar refractivity (Wildman–Crippen MR) is 91.0 cm³/mol. The second kappa shape index (κ2) is 8.14. The molecule has 0 saturated carbocycles. The van der Waals surface area contributed by atoms with Crippen molar-refractivity contribution in [2.75, 3.05) is 40.3 Å². The second-order valence-electron chi connectivity index (χ2n) is 6.02. The summed E-state index contributed by atoms with van der Waals surface area (Å²) < 4.78 is 0. The summed E-state index contributed by atoms with van der Waals surface area (Å²) in [5.41, 5.74) is 1.32. The van der Waals surface area contributed by atoms with Gasteiger partial charge in [0, 0.05) is 43.3 Å². The molecule has 0 radical (unpaired) electrons. The van der Waals surface area contributed by atoms with Crippen LogP contribution in [0, 0.1) is 0 Å². The molecule has 0 aromatic heterocycles. The Balaban J connectivity index is 1.87. The maximum Gasteiger partial charge on any atom is 0.0406 e. The molecule has 2 rings (SSSR count). The maximum absolute atomic E-state index is 5.97. The standard InChI is InChI=1S/C17H28ClN3/c1-4-16-13-21(12-11-20(16)3)10-9-17(19-2)14-5-7-15(18)8-6-14/h5-8,16-17,19H,4,9-13H2,1-3H3. The van der Waals surface area contributed by atoms with Gasteiger partial charge < -0.3 is 15.1 Å². The molecule has 118 valence electrons. The largest absolute Gasteiger partial charge is 0.313 e. The van der Waals surface area contributed by atoms with Crippen LogP contribution in [0.1, 0.15) is 31.4 Å². The van der Waals surface area contributed by atoms with Crippen molar-refractivity contribution < 1.29 is 0 Å². The average Bonchev–Trinajstić information content (AvgIpc) is 2.51. The first kappa shape index (κ1) is 16.8. The van der Waals surface area contributed by atoms with Crippen LogP contribution in [0.25, 0.3) is 0 Å². The Morgan fingerprint density at radius 1 is 1.29 bits per heavy atom. The van der Waals surface area contributed by atoms with E-state index in [-0.39, 0.29) is 0 Å². The van der Waals surface area contributed by atoms with Crippen molar-refractivity contribution in [2.45, 2.75) is 31.8 Å². The van der Waals surface area contributed by atoms with Gasteiger partial charge >= 0.3 is 0 Å². The fourth-order valence-electron chi connectivity index (χ4n) is 3.14.